The lowest BCUT2D eigenvalue weighted by atomic mass is 9.89. The van der Waals surface area contributed by atoms with Crippen LogP contribution in [0.5, 0.6) is 0 Å². The van der Waals surface area contributed by atoms with Crippen LogP contribution in [0.25, 0.3) is 0 Å². The third kappa shape index (κ3) is 3.95. The van der Waals surface area contributed by atoms with Crippen molar-refractivity contribution in [3.8, 4) is 0 Å². The maximum atomic E-state index is 11.0. The number of aromatic amines is 1. The summed E-state index contributed by atoms with van der Waals surface area (Å²) < 4.78 is 0. The van der Waals surface area contributed by atoms with Gasteiger partial charge in [0.1, 0.15) is 0 Å². The molecule has 4 heteroatoms. The predicted molar refractivity (Wildman–Crippen MR) is 77.0 cm³/mol. The highest BCUT2D eigenvalue weighted by atomic mass is 32.1. The van der Waals surface area contributed by atoms with E-state index in [4.69, 9.17) is 0 Å². The second-order valence-corrected chi connectivity index (χ2v) is 6.61. The van der Waals surface area contributed by atoms with Gasteiger partial charge in [0.2, 0.25) is 0 Å². The molecule has 0 amide bonds. The average Bonchev–Trinajstić information content (AvgIpc) is 2.62. The molecule has 0 spiro atoms. The van der Waals surface area contributed by atoms with E-state index in [1.165, 1.54) is 43.4 Å². The molecule has 0 radical (unpaired) electrons. The highest BCUT2D eigenvalue weighted by Gasteiger charge is 2.20. The monoisotopic (exact) mass is 268 g/mol. The summed E-state index contributed by atoms with van der Waals surface area (Å²) in [5.74, 6) is 1.72. The zero-order chi connectivity index (χ0) is 13.0. The van der Waals surface area contributed by atoms with Crippen molar-refractivity contribution in [2.24, 2.45) is 11.8 Å². The van der Waals surface area contributed by atoms with E-state index in [2.05, 4.69) is 24.1 Å². The molecule has 0 aromatic carbocycles. The summed E-state index contributed by atoms with van der Waals surface area (Å²) in [4.78, 5) is 14.0. The quantitative estimate of drug-likeness (QED) is 0.824. The third-order valence-corrected chi connectivity index (χ3v) is 4.83. The van der Waals surface area contributed by atoms with Gasteiger partial charge in [-0.1, -0.05) is 38.0 Å². The standard InChI is InChI=1S/C14H24N2OS/c1-10(2)11-4-3-5-12(7-6-11)15-8-13-9-18-14(17)16-13/h9-12,15H,3-8H2,1-2H3,(H,16,17). The van der Waals surface area contributed by atoms with E-state index in [9.17, 15) is 4.79 Å². The molecule has 0 bridgehead atoms. The van der Waals surface area contributed by atoms with E-state index < -0.39 is 0 Å². The van der Waals surface area contributed by atoms with E-state index in [1.807, 2.05) is 5.38 Å². The Hall–Kier alpha value is -0.610. The first-order valence-corrected chi connectivity index (χ1v) is 7.93. The van der Waals surface area contributed by atoms with Crippen LogP contribution < -0.4 is 10.2 Å². The molecule has 0 saturated heterocycles. The van der Waals surface area contributed by atoms with Crippen LogP contribution in [0.4, 0.5) is 0 Å². The molecular weight excluding hydrogens is 244 g/mol. The van der Waals surface area contributed by atoms with Gasteiger partial charge in [-0.2, -0.15) is 0 Å². The molecule has 2 unspecified atom stereocenters. The van der Waals surface area contributed by atoms with Crippen LogP contribution in [0.3, 0.4) is 0 Å². The van der Waals surface area contributed by atoms with Crippen LogP contribution in [-0.4, -0.2) is 11.0 Å². The second kappa shape index (κ2) is 6.53. The maximum absolute atomic E-state index is 11.0. The molecule has 102 valence electrons. The zero-order valence-corrected chi connectivity index (χ0v) is 12.2. The SMILES string of the molecule is CC(C)C1CCCC(NCc2csc(=O)[nH]2)CC1. The van der Waals surface area contributed by atoms with Gasteiger partial charge in [-0.15, -0.1) is 0 Å². The molecule has 2 rings (SSSR count). The van der Waals surface area contributed by atoms with Crippen molar-refractivity contribution in [1.82, 2.24) is 10.3 Å². The highest BCUT2D eigenvalue weighted by molar-refractivity contribution is 7.07. The van der Waals surface area contributed by atoms with Crippen molar-refractivity contribution in [3.05, 3.63) is 20.7 Å². The summed E-state index contributed by atoms with van der Waals surface area (Å²) >= 11 is 1.25. The first-order chi connectivity index (χ1) is 8.65. The smallest absolute Gasteiger partial charge is 0.304 e. The average molecular weight is 268 g/mol. The fourth-order valence-electron chi connectivity index (χ4n) is 2.86. The van der Waals surface area contributed by atoms with Crippen molar-refractivity contribution in [2.75, 3.05) is 0 Å². The molecule has 1 aromatic heterocycles. The van der Waals surface area contributed by atoms with E-state index in [1.54, 1.807) is 0 Å². The summed E-state index contributed by atoms with van der Waals surface area (Å²) in [6.07, 6.45) is 6.61. The summed E-state index contributed by atoms with van der Waals surface area (Å²) in [6, 6.07) is 0.622. The van der Waals surface area contributed by atoms with Gasteiger partial charge >= 0.3 is 4.87 Å². The number of H-pyrrole nitrogens is 1. The molecule has 18 heavy (non-hydrogen) atoms. The van der Waals surface area contributed by atoms with E-state index in [0.717, 1.165) is 24.1 Å². The fraction of sp³-hybridized carbons (Fsp3) is 0.786. The lowest BCUT2D eigenvalue weighted by Gasteiger charge is -2.19. The minimum Gasteiger partial charge on any atom is -0.315 e. The lowest BCUT2D eigenvalue weighted by Crippen LogP contribution is -2.28. The van der Waals surface area contributed by atoms with Gasteiger partial charge < -0.3 is 10.3 Å². The van der Waals surface area contributed by atoms with Gasteiger partial charge in [-0.05, 0) is 31.1 Å². The van der Waals surface area contributed by atoms with E-state index >= 15 is 0 Å². The Morgan fingerprint density at radius 1 is 1.39 bits per heavy atom. The normalized spacial score (nSPS) is 25.3. The third-order valence-electron chi connectivity index (χ3n) is 4.11. The van der Waals surface area contributed by atoms with Crippen molar-refractivity contribution in [2.45, 2.75) is 58.5 Å². The fourth-order valence-corrected chi connectivity index (χ4v) is 3.44. The number of aromatic nitrogens is 1. The van der Waals surface area contributed by atoms with Gasteiger partial charge in [0, 0.05) is 23.7 Å². The molecule has 1 aliphatic rings. The first kappa shape index (κ1) is 13.8. The molecule has 1 saturated carbocycles. The molecular formula is C14H24N2OS. The topological polar surface area (TPSA) is 44.9 Å². The predicted octanol–water partition coefficient (Wildman–Crippen LogP) is 3.13. The number of hydrogen-bond acceptors (Lipinski definition) is 3. The van der Waals surface area contributed by atoms with Crippen molar-refractivity contribution >= 4 is 11.3 Å². The molecule has 1 aliphatic carbocycles. The minimum absolute atomic E-state index is 0.0486. The van der Waals surface area contributed by atoms with Gasteiger partial charge in [0.25, 0.3) is 0 Å². The van der Waals surface area contributed by atoms with E-state index in [0.29, 0.717) is 6.04 Å². The number of rotatable bonds is 4. The number of nitrogens with one attached hydrogen (secondary N) is 2. The molecule has 2 atom stereocenters. The maximum Gasteiger partial charge on any atom is 0.304 e. The summed E-state index contributed by atoms with van der Waals surface area (Å²) in [5, 5.41) is 5.51. The number of thiazole rings is 1. The number of hydrogen-bond donors (Lipinski definition) is 2. The molecule has 0 aliphatic heterocycles. The van der Waals surface area contributed by atoms with Gasteiger partial charge in [-0.25, -0.2) is 0 Å². The Labute approximate surface area is 113 Å². The lowest BCUT2D eigenvalue weighted by molar-refractivity contribution is 0.337. The van der Waals surface area contributed by atoms with Crippen molar-refractivity contribution in [3.63, 3.8) is 0 Å². The van der Waals surface area contributed by atoms with Crippen molar-refractivity contribution in [1.29, 1.82) is 0 Å². The molecule has 1 fully saturated rings. The Kier molecular flexibility index (Phi) is 5.01. The van der Waals surface area contributed by atoms with Gasteiger partial charge in [-0.3, -0.25) is 4.79 Å². The Morgan fingerprint density at radius 2 is 2.22 bits per heavy atom. The first-order valence-electron chi connectivity index (χ1n) is 7.05. The second-order valence-electron chi connectivity index (χ2n) is 5.76. The van der Waals surface area contributed by atoms with E-state index in [-0.39, 0.29) is 4.87 Å². The van der Waals surface area contributed by atoms with Gasteiger partial charge in [0.15, 0.2) is 0 Å². The Morgan fingerprint density at radius 3 is 2.89 bits per heavy atom. The molecule has 3 nitrogen and oxygen atoms in total. The van der Waals surface area contributed by atoms with Crippen LogP contribution in [0, 0.1) is 11.8 Å². The summed E-state index contributed by atoms with van der Waals surface area (Å²) in [5.41, 5.74) is 1.02. The summed E-state index contributed by atoms with van der Waals surface area (Å²) in [7, 11) is 0. The molecule has 1 aromatic rings. The Bertz CT molecular complexity index is 410. The highest BCUT2D eigenvalue weighted by Crippen LogP contribution is 2.28. The molecule has 1 heterocycles. The van der Waals surface area contributed by atoms with Crippen LogP contribution in [0.15, 0.2) is 10.2 Å². The zero-order valence-electron chi connectivity index (χ0n) is 11.4. The Balaban J connectivity index is 1.78. The van der Waals surface area contributed by atoms with Crippen LogP contribution >= 0.6 is 11.3 Å². The molecule has 2 N–H and O–H groups in total. The minimum atomic E-state index is 0.0486. The largest absolute Gasteiger partial charge is 0.315 e. The van der Waals surface area contributed by atoms with Crippen LogP contribution in [0.1, 0.15) is 51.6 Å². The van der Waals surface area contributed by atoms with Crippen LogP contribution in [0.2, 0.25) is 0 Å². The van der Waals surface area contributed by atoms with Gasteiger partial charge in [0.05, 0.1) is 0 Å². The summed E-state index contributed by atoms with van der Waals surface area (Å²) in [6.45, 7) is 5.48. The van der Waals surface area contributed by atoms with Crippen LogP contribution in [-0.2, 0) is 6.54 Å². The van der Waals surface area contributed by atoms with Crippen molar-refractivity contribution < 1.29 is 0 Å².